The average Bonchev–Trinajstić information content (AvgIpc) is 2.26. The fraction of sp³-hybridized carbons (Fsp3) is 0.222. The Morgan fingerprint density at radius 1 is 1.47 bits per heavy atom. The lowest BCUT2D eigenvalue weighted by atomic mass is 10.3. The molecule has 0 saturated heterocycles. The molecule has 0 heterocycles. The number of azide groups is 1. The highest BCUT2D eigenvalue weighted by Gasteiger charge is 2.01. The van der Waals surface area contributed by atoms with Crippen molar-refractivity contribution < 1.29 is 9.53 Å². The Hall–Kier alpha value is -2.20. The van der Waals surface area contributed by atoms with Gasteiger partial charge in [-0.2, -0.15) is 0 Å². The molecule has 1 aromatic rings. The molecule has 0 aromatic heterocycles. The van der Waals surface area contributed by atoms with Crippen LogP contribution in [0.3, 0.4) is 0 Å². The zero-order chi connectivity index (χ0) is 10.9. The van der Waals surface area contributed by atoms with Crippen molar-refractivity contribution in [2.75, 3.05) is 13.1 Å². The number of ether oxygens (including phenoxy) is 1. The van der Waals surface area contributed by atoms with Gasteiger partial charge in [0.05, 0.1) is 0 Å². The maximum Gasteiger partial charge on any atom is 0.412 e. The van der Waals surface area contributed by atoms with Crippen LogP contribution in [-0.2, 0) is 0 Å². The van der Waals surface area contributed by atoms with E-state index in [1.54, 1.807) is 24.3 Å². The van der Waals surface area contributed by atoms with E-state index >= 15 is 0 Å². The van der Waals surface area contributed by atoms with E-state index in [9.17, 15) is 4.79 Å². The van der Waals surface area contributed by atoms with Crippen LogP contribution in [0.2, 0.25) is 0 Å². The fourth-order valence-corrected chi connectivity index (χ4v) is 0.884. The van der Waals surface area contributed by atoms with E-state index in [-0.39, 0.29) is 13.1 Å². The molecule has 0 atom stereocenters. The van der Waals surface area contributed by atoms with E-state index < -0.39 is 6.09 Å². The first kappa shape index (κ1) is 10.9. The summed E-state index contributed by atoms with van der Waals surface area (Å²) in [5, 5.41) is 5.70. The molecule has 0 radical (unpaired) electrons. The second kappa shape index (κ2) is 6.28. The summed E-state index contributed by atoms with van der Waals surface area (Å²) in [5.41, 5.74) is 7.98. The number of hydrogen-bond donors (Lipinski definition) is 1. The second-order valence-electron chi connectivity index (χ2n) is 2.58. The molecule has 0 unspecified atom stereocenters. The van der Waals surface area contributed by atoms with Crippen molar-refractivity contribution in [2.45, 2.75) is 0 Å². The number of para-hydroxylation sites is 1. The van der Waals surface area contributed by atoms with Gasteiger partial charge in [-0.15, -0.1) is 0 Å². The number of benzene rings is 1. The third-order valence-electron chi connectivity index (χ3n) is 1.50. The second-order valence-corrected chi connectivity index (χ2v) is 2.58. The van der Waals surface area contributed by atoms with Crippen LogP contribution >= 0.6 is 0 Å². The molecule has 6 heteroatoms. The summed E-state index contributed by atoms with van der Waals surface area (Å²) in [6, 6.07) is 8.71. The molecular weight excluding hydrogens is 196 g/mol. The van der Waals surface area contributed by atoms with Crippen molar-refractivity contribution in [1.29, 1.82) is 0 Å². The SMILES string of the molecule is [N-]=[N+]=NCCNC(=O)Oc1ccccc1. The van der Waals surface area contributed by atoms with E-state index in [1.807, 2.05) is 6.07 Å². The highest BCUT2D eigenvalue weighted by atomic mass is 16.5. The lowest BCUT2D eigenvalue weighted by Crippen LogP contribution is -2.28. The summed E-state index contributed by atoms with van der Waals surface area (Å²) in [4.78, 5) is 13.7. The van der Waals surface area contributed by atoms with Crippen molar-refractivity contribution >= 4 is 6.09 Å². The quantitative estimate of drug-likeness (QED) is 0.354. The third-order valence-corrected chi connectivity index (χ3v) is 1.50. The molecule has 1 N–H and O–H groups in total. The molecule has 1 aromatic carbocycles. The van der Waals surface area contributed by atoms with Crippen LogP contribution in [-0.4, -0.2) is 19.2 Å². The van der Waals surface area contributed by atoms with Crippen LogP contribution in [0.4, 0.5) is 4.79 Å². The summed E-state index contributed by atoms with van der Waals surface area (Å²) in [7, 11) is 0. The first-order valence-electron chi connectivity index (χ1n) is 4.34. The number of nitrogens with zero attached hydrogens (tertiary/aromatic N) is 3. The van der Waals surface area contributed by atoms with E-state index in [4.69, 9.17) is 10.3 Å². The summed E-state index contributed by atoms with van der Waals surface area (Å²) in [6.45, 7) is 0.468. The van der Waals surface area contributed by atoms with Crippen LogP contribution in [0.15, 0.2) is 35.4 Å². The average molecular weight is 206 g/mol. The molecule has 0 aliphatic heterocycles. The number of rotatable bonds is 4. The van der Waals surface area contributed by atoms with Gasteiger partial charge in [0.15, 0.2) is 0 Å². The Morgan fingerprint density at radius 3 is 2.87 bits per heavy atom. The van der Waals surface area contributed by atoms with Crippen LogP contribution in [0.25, 0.3) is 10.4 Å². The topological polar surface area (TPSA) is 87.1 Å². The van der Waals surface area contributed by atoms with Crippen molar-refractivity contribution in [3.05, 3.63) is 40.8 Å². The third kappa shape index (κ3) is 4.54. The van der Waals surface area contributed by atoms with Crippen molar-refractivity contribution in [2.24, 2.45) is 5.11 Å². The molecule has 0 saturated carbocycles. The van der Waals surface area contributed by atoms with E-state index in [0.717, 1.165) is 0 Å². The first-order valence-corrected chi connectivity index (χ1v) is 4.34. The maximum absolute atomic E-state index is 11.1. The summed E-state index contributed by atoms with van der Waals surface area (Å²) in [6.07, 6.45) is -0.561. The number of nitrogens with one attached hydrogen (secondary N) is 1. The Morgan fingerprint density at radius 2 is 2.20 bits per heavy atom. The fourth-order valence-electron chi connectivity index (χ4n) is 0.884. The van der Waals surface area contributed by atoms with Gasteiger partial charge in [0.25, 0.3) is 0 Å². The highest BCUT2D eigenvalue weighted by Crippen LogP contribution is 2.07. The molecule has 0 fully saturated rings. The van der Waals surface area contributed by atoms with Gasteiger partial charge in [-0.05, 0) is 17.7 Å². The molecular formula is C9H10N4O2. The largest absolute Gasteiger partial charge is 0.412 e. The van der Waals surface area contributed by atoms with Crippen molar-refractivity contribution in [3.8, 4) is 5.75 Å². The molecule has 78 valence electrons. The van der Waals surface area contributed by atoms with Crippen molar-refractivity contribution in [1.82, 2.24) is 5.32 Å². The predicted molar refractivity (Wildman–Crippen MR) is 54.5 cm³/mol. The van der Waals surface area contributed by atoms with Crippen LogP contribution in [0.5, 0.6) is 5.75 Å². The lowest BCUT2D eigenvalue weighted by Gasteiger charge is -2.04. The standard InChI is InChI=1S/C9H10N4O2/c10-13-12-7-6-11-9(14)15-8-4-2-1-3-5-8/h1-5H,6-7H2,(H,11,14). The van der Waals surface area contributed by atoms with Crippen LogP contribution in [0, 0.1) is 0 Å². The molecule has 0 aliphatic carbocycles. The van der Waals surface area contributed by atoms with E-state index in [0.29, 0.717) is 5.75 Å². The van der Waals surface area contributed by atoms with Gasteiger partial charge in [0.2, 0.25) is 0 Å². The van der Waals surface area contributed by atoms with Crippen LogP contribution < -0.4 is 10.1 Å². The van der Waals surface area contributed by atoms with Gasteiger partial charge >= 0.3 is 6.09 Å². The normalized spacial score (nSPS) is 8.80. The van der Waals surface area contributed by atoms with E-state index in [2.05, 4.69) is 15.3 Å². The minimum absolute atomic E-state index is 0.209. The minimum Gasteiger partial charge on any atom is -0.410 e. The van der Waals surface area contributed by atoms with Gasteiger partial charge in [-0.3, -0.25) is 0 Å². The van der Waals surface area contributed by atoms with E-state index in [1.165, 1.54) is 0 Å². The molecule has 0 aliphatic rings. The Labute approximate surface area is 86.5 Å². The molecule has 1 amide bonds. The van der Waals surface area contributed by atoms with Gasteiger partial charge in [0, 0.05) is 18.0 Å². The molecule has 15 heavy (non-hydrogen) atoms. The number of carbonyl (C=O) groups is 1. The lowest BCUT2D eigenvalue weighted by molar-refractivity contribution is 0.201. The monoisotopic (exact) mass is 206 g/mol. The number of hydrogen-bond acceptors (Lipinski definition) is 3. The summed E-state index contributed by atoms with van der Waals surface area (Å²) < 4.78 is 4.91. The molecule has 6 nitrogen and oxygen atoms in total. The van der Waals surface area contributed by atoms with Gasteiger partial charge in [-0.1, -0.05) is 23.3 Å². The molecule has 0 bridgehead atoms. The summed E-state index contributed by atoms with van der Waals surface area (Å²) in [5.74, 6) is 0.471. The molecule has 0 spiro atoms. The number of carbonyl (C=O) groups excluding carboxylic acids is 1. The zero-order valence-corrected chi connectivity index (χ0v) is 7.96. The zero-order valence-electron chi connectivity index (χ0n) is 7.96. The highest BCUT2D eigenvalue weighted by molar-refractivity contribution is 5.70. The van der Waals surface area contributed by atoms with Gasteiger partial charge in [0.1, 0.15) is 5.75 Å². The number of amides is 1. The van der Waals surface area contributed by atoms with Gasteiger partial charge in [-0.25, -0.2) is 4.79 Å². The minimum atomic E-state index is -0.561. The first-order chi connectivity index (χ1) is 7.33. The maximum atomic E-state index is 11.1. The van der Waals surface area contributed by atoms with Crippen LogP contribution in [0.1, 0.15) is 0 Å². The van der Waals surface area contributed by atoms with Crippen molar-refractivity contribution in [3.63, 3.8) is 0 Å². The summed E-state index contributed by atoms with van der Waals surface area (Å²) >= 11 is 0. The Kier molecular flexibility index (Phi) is 4.56. The Bertz CT molecular complexity index is 360. The molecule has 1 rings (SSSR count). The van der Waals surface area contributed by atoms with Gasteiger partial charge < -0.3 is 10.1 Å². The predicted octanol–water partition coefficient (Wildman–Crippen LogP) is 2.09. The Balaban J connectivity index is 2.27. The smallest absolute Gasteiger partial charge is 0.410 e.